The van der Waals surface area contributed by atoms with Gasteiger partial charge in [-0.05, 0) is 0 Å². The van der Waals surface area contributed by atoms with Gasteiger partial charge in [-0.3, -0.25) is 0 Å². The van der Waals surface area contributed by atoms with Crippen LogP contribution in [0.5, 0.6) is 0 Å². The quantitative estimate of drug-likeness (QED) is 0.186. The second-order valence-electron chi connectivity index (χ2n) is 9.15. The molecular formula is C23H49N2O2P. The van der Waals surface area contributed by atoms with Gasteiger partial charge in [0.15, 0.2) is 0 Å². The molecule has 0 aromatic heterocycles. The van der Waals surface area contributed by atoms with E-state index in [9.17, 15) is 9.79 Å². The third kappa shape index (κ3) is 11.1. The molecule has 5 heteroatoms. The van der Waals surface area contributed by atoms with E-state index in [2.05, 4.69) is 13.0 Å². The van der Waals surface area contributed by atoms with E-state index in [0.29, 0.717) is 6.16 Å². The first-order chi connectivity index (χ1) is 13.2. The van der Waals surface area contributed by atoms with Gasteiger partial charge in [0.2, 0.25) is 0 Å². The molecule has 0 aromatic rings. The standard InChI is InChI=1S/C23H49N2O2P/c1-6-7-8-9-10-11-12-13-14-15-16-17-20-28(26,27,21-18-19-24)25(22(2)3)23(4)5/h22-23,26-27H,6-18,20-21H2,1-5H3. The fourth-order valence-corrected chi connectivity index (χ4v) is 8.81. The molecule has 0 saturated carbocycles. The fourth-order valence-electron chi connectivity index (χ4n) is 4.56. The number of hydrogen-bond acceptors (Lipinski definition) is 4. The molecule has 0 aliphatic rings. The molecule has 0 aliphatic heterocycles. The Kier molecular flexibility index (Phi) is 14.6. The minimum absolute atomic E-state index is 0.0590. The topological polar surface area (TPSA) is 67.5 Å². The molecule has 2 N–H and O–H groups in total. The van der Waals surface area contributed by atoms with Gasteiger partial charge >= 0.3 is 162 Å². The molecule has 0 rings (SSSR count). The first-order valence-corrected chi connectivity index (χ1v) is 14.3. The molecule has 0 unspecified atom stereocenters. The molecule has 0 heterocycles. The van der Waals surface area contributed by atoms with E-state index in [1.807, 2.05) is 32.4 Å². The summed E-state index contributed by atoms with van der Waals surface area (Å²) in [6.45, 7) is 10.3. The summed E-state index contributed by atoms with van der Waals surface area (Å²) in [6.07, 6.45) is 16.0. The summed E-state index contributed by atoms with van der Waals surface area (Å²) in [5, 5.41) is 9.01. The molecule has 0 bridgehead atoms. The number of unbranched alkanes of at least 4 members (excludes halogenated alkanes) is 11. The summed E-state index contributed by atoms with van der Waals surface area (Å²) >= 11 is 0. The Morgan fingerprint density at radius 1 is 0.714 bits per heavy atom. The molecule has 168 valence electrons. The van der Waals surface area contributed by atoms with E-state index >= 15 is 0 Å². The fraction of sp³-hybridized carbons (Fsp3) is 0.957. The first kappa shape index (κ1) is 27.8. The van der Waals surface area contributed by atoms with Crippen molar-refractivity contribution in [2.45, 2.75) is 130 Å². The molecule has 4 nitrogen and oxygen atoms in total. The molecule has 0 spiro atoms. The summed E-state index contributed by atoms with van der Waals surface area (Å²) < 4.78 is 1.90. The first-order valence-electron chi connectivity index (χ1n) is 11.8. The molecule has 0 saturated heterocycles. The molecule has 0 atom stereocenters. The van der Waals surface area contributed by atoms with Crippen LogP contribution in [0.15, 0.2) is 0 Å². The van der Waals surface area contributed by atoms with Crippen LogP contribution in [-0.4, -0.2) is 38.9 Å². The van der Waals surface area contributed by atoms with Gasteiger partial charge in [-0.15, -0.1) is 0 Å². The minimum atomic E-state index is -4.00. The van der Waals surface area contributed by atoms with Gasteiger partial charge in [0.05, 0.1) is 0 Å². The molecule has 28 heavy (non-hydrogen) atoms. The van der Waals surface area contributed by atoms with Crippen molar-refractivity contribution in [1.82, 2.24) is 4.67 Å². The molecule has 0 radical (unpaired) electrons. The SMILES string of the molecule is CCCCCCCCCCCCCCP(O)(O)(CCC#N)N(C(C)C)C(C)C. The predicted molar refractivity (Wildman–Crippen MR) is 125 cm³/mol. The number of nitriles is 1. The average Bonchev–Trinajstić information content (AvgIpc) is 2.60. The van der Waals surface area contributed by atoms with Gasteiger partial charge in [0.25, 0.3) is 0 Å². The van der Waals surface area contributed by atoms with Crippen molar-refractivity contribution < 1.29 is 9.79 Å². The van der Waals surface area contributed by atoms with Crippen molar-refractivity contribution in [3.05, 3.63) is 0 Å². The third-order valence-corrected chi connectivity index (χ3v) is 10.1. The second kappa shape index (κ2) is 14.7. The van der Waals surface area contributed by atoms with E-state index in [0.717, 1.165) is 12.8 Å². The van der Waals surface area contributed by atoms with Gasteiger partial charge in [0.1, 0.15) is 0 Å². The normalized spacial score (nSPS) is 13.8. The van der Waals surface area contributed by atoms with Gasteiger partial charge in [-0.1, -0.05) is 13.3 Å². The number of hydrogen-bond donors (Lipinski definition) is 2. The monoisotopic (exact) mass is 416 g/mol. The summed E-state index contributed by atoms with van der Waals surface area (Å²) in [5.74, 6) is 0. The third-order valence-electron chi connectivity index (χ3n) is 5.74. The van der Waals surface area contributed by atoms with E-state index < -0.39 is 7.21 Å². The van der Waals surface area contributed by atoms with Gasteiger partial charge in [-0.25, -0.2) is 0 Å². The van der Waals surface area contributed by atoms with E-state index in [4.69, 9.17) is 5.26 Å². The van der Waals surface area contributed by atoms with E-state index in [-0.39, 0.29) is 24.7 Å². The maximum absolute atomic E-state index is 11.4. The molecular weight excluding hydrogens is 367 g/mol. The molecule has 0 fully saturated rings. The van der Waals surface area contributed by atoms with E-state index in [1.165, 1.54) is 64.2 Å². The van der Waals surface area contributed by atoms with Crippen LogP contribution in [0, 0.1) is 11.3 Å². The van der Waals surface area contributed by atoms with Crippen LogP contribution < -0.4 is 0 Å². The molecule has 0 aliphatic carbocycles. The Labute approximate surface area is 175 Å². The average molecular weight is 417 g/mol. The van der Waals surface area contributed by atoms with Crippen LogP contribution in [0.4, 0.5) is 0 Å². The Morgan fingerprint density at radius 2 is 1.11 bits per heavy atom. The van der Waals surface area contributed by atoms with Crippen molar-refractivity contribution in [3.8, 4) is 6.07 Å². The van der Waals surface area contributed by atoms with Crippen LogP contribution in [0.3, 0.4) is 0 Å². The second-order valence-corrected chi connectivity index (χ2v) is 13.2. The summed E-state index contributed by atoms with van der Waals surface area (Å²) in [4.78, 5) is 22.9. The zero-order valence-electron chi connectivity index (χ0n) is 19.5. The predicted octanol–water partition coefficient (Wildman–Crippen LogP) is 7.00. The van der Waals surface area contributed by atoms with Crippen LogP contribution in [-0.2, 0) is 0 Å². The summed E-state index contributed by atoms with van der Waals surface area (Å²) in [6, 6.07) is 2.23. The van der Waals surface area contributed by atoms with Crippen LogP contribution in [0.25, 0.3) is 0 Å². The van der Waals surface area contributed by atoms with Crippen molar-refractivity contribution in [2.24, 2.45) is 0 Å². The van der Waals surface area contributed by atoms with Crippen LogP contribution in [0.1, 0.15) is 118 Å². The molecule has 0 amide bonds. The zero-order valence-corrected chi connectivity index (χ0v) is 20.4. The Balaban J connectivity index is 4.25. The van der Waals surface area contributed by atoms with Crippen molar-refractivity contribution in [3.63, 3.8) is 0 Å². The van der Waals surface area contributed by atoms with Gasteiger partial charge in [0, 0.05) is 0 Å². The van der Waals surface area contributed by atoms with Crippen molar-refractivity contribution in [2.75, 3.05) is 12.3 Å². The van der Waals surface area contributed by atoms with E-state index in [1.54, 1.807) is 0 Å². The Morgan fingerprint density at radius 3 is 1.46 bits per heavy atom. The number of nitrogens with zero attached hydrogens (tertiary/aromatic N) is 2. The summed E-state index contributed by atoms with van der Waals surface area (Å²) in [5.41, 5.74) is 0. The van der Waals surface area contributed by atoms with Gasteiger partial charge in [-0.2, -0.15) is 0 Å². The van der Waals surface area contributed by atoms with Crippen LogP contribution >= 0.6 is 7.21 Å². The zero-order chi connectivity index (χ0) is 21.5. The van der Waals surface area contributed by atoms with Crippen molar-refractivity contribution in [1.29, 1.82) is 5.26 Å². The Hall–Kier alpha value is -0.200. The molecule has 0 aromatic carbocycles. The van der Waals surface area contributed by atoms with Crippen molar-refractivity contribution >= 4 is 7.21 Å². The van der Waals surface area contributed by atoms with Gasteiger partial charge < -0.3 is 0 Å². The maximum atomic E-state index is 11.4. The number of rotatable bonds is 18. The Bertz CT molecular complexity index is 425. The summed E-state index contributed by atoms with van der Waals surface area (Å²) in [7, 11) is -4.00. The van der Waals surface area contributed by atoms with Crippen LogP contribution in [0.2, 0.25) is 0 Å².